The average Bonchev–Trinajstić information content (AvgIpc) is 2.26. The molecule has 0 aliphatic heterocycles. The average molecular weight is 244 g/mol. The van der Waals surface area contributed by atoms with E-state index in [1.165, 1.54) is 25.1 Å². The summed E-state index contributed by atoms with van der Waals surface area (Å²) in [7, 11) is 0. The van der Waals surface area contributed by atoms with Crippen LogP contribution in [0.15, 0.2) is 18.2 Å². The maximum atomic E-state index is 11.1. The molecule has 1 aromatic carbocycles. The van der Waals surface area contributed by atoms with Crippen LogP contribution in [0.1, 0.15) is 23.4 Å². The van der Waals surface area contributed by atoms with Crippen LogP contribution in [0.5, 0.6) is 0 Å². The van der Waals surface area contributed by atoms with Crippen molar-refractivity contribution < 1.29 is 14.8 Å². The van der Waals surface area contributed by atoms with E-state index in [1.807, 2.05) is 0 Å². The summed E-state index contributed by atoms with van der Waals surface area (Å²) in [6.07, 6.45) is 0. The van der Waals surface area contributed by atoms with Crippen LogP contribution in [-0.4, -0.2) is 15.8 Å². The van der Waals surface area contributed by atoms with E-state index in [0.717, 1.165) is 0 Å². The van der Waals surface area contributed by atoms with Gasteiger partial charge in [0.15, 0.2) is 5.78 Å². The van der Waals surface area contributed by atoms with Crippen molar-refractivity contribution in [3.63, 3.8) is 0 Å². The summed E-state index contributed by atoms with van der Waals surface area (Å²) in [5.41, 5.74) is 0.139. The lowest BCUT2D eigenvalue weighted by atomic mass is 10.0. The molecule has 1 N–H and O–H groups in total. The van der Waals surface area contributed by atoms with Gasteiger partial charge in [-0.2, -0.15) is 0 Å². The van der Waals surface area contributed by atoms with Crippen molar-refractivity contribution in [1.82, 2.24) is 0 Å². The third kappa shape index (κ3) is 2.37. The van der Waals surface area contributed by atoms with E-state index in [4.69, 9.17) is 16.7 Å². The Balaban J connectivity index is 3.34. The topological polar surface area (TPSA) is 80.4 Å². The number of hydrogen-bond donors (Lipinski definition) is 1. The minimum absolute atomic E-state index is 0.0858. The Morgan fingerprint density at radius 2 is 2.25 bits per heavy atom. The van der Waals surface area contributed by atoms with Gasteiger partial charge in [0.2, 0.25) is 0 Å². The number of nitrogens with zero attached hydrogens (tertiary/aromatic N) is 1. The molecule has 1 aromatic rings. The van der Waals surface area contributed by atoms with Crippen molar-refractivity contribution in [1.29, 1.82) is 0 Å². The van der Waals surface area contributed by atoms with Gasteiger partial charge in [-0.05, 0) is 12.5 Å². The Bertz CT molecular complexity index is 433. The third-order valence-corrected chi connectivity index (χ3v) is 2.71. The summed E-state index contributed by atoms with van der Waals surface area (Å²) in [4.78, 5) is 21.2. The molecular weight excluding hydrogens is 234 g/mol. The van der Waals surface area contributed by atoms with Gasteiger partial charge in [-0.25, -0.2) is 0 Å². The van der Waals surface area contributed by atoms with Crippen molar-refractivity contribution in [3.05, 3.63) is 39.4 Å². The van der Waals surface area contributed by atoms with E-state index in [0.29, 0.717) is 0 Å². The number of alkyl halides is 1. The first-order chi connectivity index (χ1) is 7.49. The van der Waals surface area contributed by atoms with E-state index < -0.39 is 16.9 Å². The van der Waals surface area contributed by atoms with Gasteiger partial charge in [-0.3, -0.25) is 14.9 Å². The van der Waals surface area contributed by atoms with Gasteiger partial charge >= 0.3 is 0 Å². The molecule has 5 nitrogen and oxygen atoms in total. The number of ketones is 1. The molecule has 16 heavy (non-hydrogen) atoms. The van der Waals surface area contributed by atoms with Crippen molar-refractivity contribution >= 4 is 23.1 Å². The monoisotopic (exact) mass is 243 g/mol. The maximum Gasteiger partial charge on any atom is 0.275 e. The van der Waals surface area contributed by atoms with Crippen LogP contribution >= 0.6 is 11.6 Å². The van der Waals surface area contributed by atoms with Gasteiger partial charge in [0.1, 0.15) is 5.38 Å². The minimum atomic E-state index is -0.970. The number of carbonyl (C=O) groups excluding carboxylic acids is 1. The first kappa shape index (κ1) is 12.6. The van der Waals surface area contributed by atoms with Crippen LogP contribution in [-0.2, 0) is 11.4 Å². The van der Waals surface area contributed by atoms with Gasteiger partial charge in [0.05, 0.1) is 17.1 Å². The van der Waals surface area contributed by atoms with E-state index in [9.17, 15) is 14.9 Å². The molecule has 0 saturated carbocycles. The van der Waals surface area contributed by atoms with Crippen molar-refractivity contribution in [3.8, 4) is 0 Å². The largest absolute Gasteiger partial charge is 0.391 e. The normalized spacial score (nSPS) is 12.2. The fourth-order valence-corrected chi connectivity index (χ4v) is 1.60. The van der Waals surface area contributed by atoms with Gasteiger partial charge in [-0.1, -0.05) is 12.1 Å². The van der Waals surface area contributed by atoms with Crippen LogP contribution in [0.3, 0.4) is 0 Å². The fraction of sp³-hybridized carbons (Fsp3) is 0.300. The number of carbonyl (C=O) groups is 1. The van der Waals surface area contributed by atoms with Crippen LogP contribution in [0.25, 0.3) is 0 Å². The predicted molar refractivity (Wildman–Crippen MR) is 58.3 cm³/mol. The molecule has 0 heterocycles. The van der Waals surface area contributed by atoms with Gasteiger partial charge in [0, 0.05) is 6.07 Å². The first-order valence-corrected chi connectivity index (χ1v) is 4.94. The number of Topliss-reactive ketones (excluding diaryl/α,β-unsaturated/α-hetero) is 1. The van der Waals surface area contributed by atoms with Gasteiger partial charge in [0.25, 0.3) is 5.69 Å². The first-order valence-electron chi connectivity index (χ1n) is 4.50. The summed E-state index contributed by atoms with van der Waals surface area (Å²) in [6, 6.07) is 4.20. The Morgan fingerprint density at radius 3 is 2.69 bits per heavy atom. The number of benzene rings is 1. The van der Waals surface area contributed by atoms with Crippen LogP contribution in [0, 0.1) is 10.1 Å². The van der Waals surface area contributed by atoms with Crippen molar-refractivity contribution in [2.75, 3.05) is 0 Å². The Hall–Kier alpha value is -1.46. The highest BCUT2D eigenvalue weighted by molar-refractivity contribution is 6.30. The Kier molecular flexibility index (Phi) is 3.98. The number of hydrogen-bond acceptors (Lipinski definition) is 4. The lowest BCUT2D eigenvalue weighted by Crippen LogP contribution is -2.07. The lowest BCUT2D eigenvalue weighted by molar-refractivity contribution is -0.385. The molecule has 0 fully saturated rings. The smallest absolute Gasteiger partial charge is 0.275 e. The molecule has 0 spiro atoms. The predicted octanol–water partition coefficient (Wildman–Crippen LogP) is 1.96. The quantitative estimate of drug-likeness (QED) is 0.498. The van der Waals surface area contributed by atoms with Crippen molar-refractivity contribution in [2.45, 2.75) is 18.9 Å². The summed E-state index contributed by atoms with van der Waals surface area (Å²) >= 11 is 5.82. The molecule has 0 aromatic heterocycles. The highest BCUT2D eigenvalue weighted by atomic mass is 35.5. The van der Waals surface area contributed by atoms with Gasteiger partial charge in [-0.15, -0.1) is 11.6 Å². The summed E-state index contributed by atoms with van der Waals surface area (Å²) in [5.74, 6) is -0.322. The van der Waals surface area contributed by atoms with E-state index in [1.54, 1.807) is 0 Å². The minimum Gasteiger partial charge on any atom is -0.391 e. The van der Waals surface area contributed by atoms with Crippen LogP contribution in [0.4, 0.5) is 5.69 Å². The zero-order chi connectivity index (χ0) is 12.3. The maximum absolute atomic E-state index is 11.1. The molecule has 0 saturated heterocycles. The third-order valence-electron chi connectivity index (χ3n) is 2.17. The zero-order valence-corrected chi connectivity index (χ0v) is 9.27. The molecule has 6 heteroatoms. The molecule has 1 unspecified atom stereocenters. The Labute approximate surface area is 96.8 Å². The molecule has 0 aliphatic carbocycles. The second-order valence-corrected chi connectivity index (χ2v) is 3.67. The molecule has 1 rings (SSSR count). The second-order valence-electron chi connectivity index (χ2n) is 3.23. The summed E-state index contributed by atoms with van der Waals surface area (Å²) in [6.45, 7) is 0.765. The molecular formula is C10H10ClNO4. The number of halogens is 1. The zero-order valence-electron chi connectivity index (χ0n) is 8.51. The standard InChI is InChI=1S/C10H10ClNO4/c1-6(14)10(11)7-3-2-4-9(12(15)16)8(7)5-13/h2-4,10,13H,5H2,1H3. The molecule has 0 aliphatic rings. The SMILES string of the molecule is CC(=O)C(Cl)c1cccc([N+](=O)[O-])c1CO. The second kappa shape index (κ2) is 5.05. The highest BCUT2D eigenvalue weighted by Crippen LogP contribution is 2.30. The molecule has 86 valence electrons. The lowest BCUT2D eigenvalue weighted by Gasteiger charge is -2.10. The summed E-state index contributed by atoms with van der Waals surface area (Å²) in [5, 5.41) is 18.8. The fourth-order valence-electron chi connectivity index (χ4n) is 1.39. The summed E-state index contributed by atoms with van der Waals surface area (Å²) < 4.78 is 0. The van der Waals surface area contributed by atoms with E-state index in [-0.39, 0.29) is 22.6 Å². The molecule has 0 bridgehead atoms. The van der Waals surface area contributed by atoms with Crippen LogP contribution < -0.4 is 0 Å². The van der Waals surface area contributed by atoms with E-state index in [2.05, 4.69) is 0 Å². The molecule has 0 radical (unpaired) electrons. The van der Waals surface area contributed by atoms with Gasteiger partial charge < -0.3 is 5.11 Å². The van der Waals surface area contributed by atoms with Crippen LogP contribution in [0.2, 0.25) is 0 Å². The van der Waals surface area contributed by atoms with Crippen molar-refractivity contribution in [2.24, 2.45) is 0 Å². The number of nitro groups is 1. The molecule has 0 amide bonds. The Morgan fingerprint density at radius 1 is 1.62 bits per heavy atom. The number of nitro benzene ring substituents is 1. The number of aliphatic hydroxyl groups excluding tert-OH is 1. The number of rotatable bonds is 4. The number of aliphatic hydroxyl groups is 1. The van der Waals surface area contributed by atoms with E-state index >= 15 is 0 Å². The highest BCUT2D eigenvalue weighted by Gasteiger charge is 2.23. The molecule has 1 atom stereocenters.